The smallest absolute Gasteiger partial charge is 0.333 e. The largest absolute Gasteiger partial charge is 0.459 e. The maximum Gasteiger partial charge on any atom is 0.333 e. The Hall–Kier alpha value is -0.990. The van der Waals surface area contributed by atoms with Crippen LogP contribution in [0.5, 0.6) is 0 Å². The molecule has 7 nitrogen and oxygen atoms in total. The van der Waals surface area contributed by atoms with Crippen molar-refractivity contribution in [1.29, 1.82) is 0 Å². The predicted molar refractivity (Wildman–Crippen MR) is 80.5 cm³/mol. The van der Waals surface area contributed by atoms with E-state index in [1.807, 2.05) is 0 Å². The van der Waals surface area contributed by atoms with Crippen LogP contribution in [0.15, 0.2) is 12.2 Å². The van der Waals surface area contributed by atoms with Gasteiger partial charge in [0, 0.05) is 5.57 Å². The fourth-order valence-electron chi connectivity index (χ4n) is 2.83. The molecule has 0 aliphatic carbocycles. The van der Waals surface area contributed by atoms with Crippen molar-refractivity contribution in [3.63, 3.8) is 0 Å². The Balaban J connectivity index is 2.10. The highest BCUT2D eigenvalue weighted by atomic mass is 16.8. The van der Waals surface area contributed by atoms with E-state index in [-0.39, 0.29) is 13.2 Å². The quantitative estimate of drug-likeness (QED) is 0.598. The average molecular weight is 330 g/mol. The van der Waals surface area contributed by atoms with Crippen LogP contribution >= 0.6 is 0 Å². The molecule has 0 aromatic carbocycles. The molecule has 4 atom stereocenters. The summed E-state index contributed by atoms with van der Waals surface area (Å²) in [6.07, 6.45) is -2.11. The lowest BCUT2D eigenvalue weighted by Crippen LogP contribution is -2.45. The van der Waals surface area contributed by atoms with Crippen molar-refractivity contribution in [3.05, 3.63) is 12.2 Å². The average Bonchev–Trinajstić information content (AvgIpc) is 2.91. The number of hydrogen-bond donors (Lipinski definition) is 1. The molecule has 0 saturated carbocycles. The molecule has 2 heterocycles. The van der Waals surface area contributed by atoms with Gasteiger partial charge in [-0.1, -0.05) is 6.58 Å². The van der Waals surface area contributed by atoms with Gasteiger partial charge in [0.2, 0.25) is 0 Å². The summed E-state index contributed by atoms with van der Waals surface area (Å²) in [6.45, 7) is 12.0. The summed E-state index contributed by atoms with van der Waals surface area (Å²) in [5, 5.41) is 9.54. The van der Waals surface area contributed by atoms with Crippen LogP contribution in [0, 0.1) is 0 Å². The van der Waals surface area contributed by atoms with Crippen molar-refractivity contribution in [2.24, 2.45) is 0 Å². The van der Waals surface area contributed by atoms with Crippen molar-refractivity contribution in [3.8, 4) is 0 Å². The van der Waals surface area contributed by atoms with Crippen LogP contribution in [-0.2, 0) is 28.5 Å². The van der Waals surface area contributed by atoms with Crippen LogP contribution in [0.4, 0.5) is 0 Å². The van der Waals surface area contributed by atoms with E-state index in [0.29, 0.717) is 5.57 Å². The number of ether oxygens (including phenoxy) is 5. The van der Waals surface area contributed by atoms with Crippen LogP contribution in [0.25, 0.3) is 0 Å². The number of esters is 1. The molecule has 2 rings (SSSR count). The minimum atomic E-state index is -0.846. The van der Waals surface area contributed by atoms with Crippen LogP contribution in [-0.4, -0.2) is 60.3 Å². The Morgan fingerprint density at radius 1 is 1.04 bits per heavy atom. The molecule has 7 heteroatoms. The van der Waals surface area contributed by atoms with E-state index in [0.717, 1.165) is 0 Å². The molecular formula is C16H26O7. The molecule has 2 aliphatic heterocycles. The summed E-state index contributed by atoms with van der Waals surface area (Å²) in [7, 11) is 0. The summed E-state index contributed by atoms with van der Waals surface area (Å²) < 4.78 is 28.5. The van der Waals surface area contributed by atoms with E-state index in [9.17, 15) is 9.90 Å². The van der Waals surface area contributed by atoms with Crippen molar-refractivity contribution in [2.75, 3.05) is 13.2 Å². The molecule has 2 aliphatic rings. The van der Waals surface area contributed by atoms with Crippen LogP contribution in [0.2, 0.25) is 0 Å². The summed E-state index contributed by atoms with van der Waals surface area (Å²) in [5.74, 6) is -2.16. The Morgan fingerprint density at radius 3 is 2.00 bits per heavy atom. The number of rotatable bonds is 5. The highest BCUT2D eigenvalue weighted by Crippen LogP contribution is 2.38. The number of aliphatic hydroxyl groups excluding tert-OH is 1. The molecule has 0 aromatic heterocycles. The lowest BCUT2D eigenvalue weighted by molar-refractivity contribution is -0.175. The lowest BCUT2D eigenvalue weighted by atomic mass is 10.0. The molecular weight excluding hydrogens is 304 g/mol. The maximum absolute atomic E-state index is 11.6. The predicted octanol–water partition coefficient (Wildman–Crippen LogP) is 1.14. The molecule has 0 bridgehead atoms. The van der Waals surface area contributed by atoms with Crippen LogP contribution in [0.1, 0.15) is 34.6 Å². The van der Waals surface area contributed by atoms with Crippen LogP contribution < -0.4 is 0 Å². The Morgan fingerprint density at radius 2 is 1.52 bits per heavy atom. The Kier molecular flexibility index (Phi) is 5.18. The second-order valence-corrected chi connectivity index (χ2v) is 6.84. The first-order chi connectivity index (χ1) is 10.5. The number of hydrogen-bond acceptors (Lipinski definition) is 7. The van der Waals surface area contributed by atoms with Crippen LogP contribution in [0.3, 0.4) is 0 Å². The van der Waals surface area contributed by atoms with Gasteiger partial charge in [0.05, 0.1) is 6.61 Å². The summed E-state index contributed by atoms with van der Waals surface area (Å²) in [6, 6.07) is 0. The molecule has 0 radical (unpaired) electrons. The number of carbonyl (C=O) groups is 1. The molecule has 23 heavy (non-hydrogen) atoms. The van der Waals surface area contributed by atoms with Crippen molar-refractivity contribution in [1.82, 2.24) is 0 Å². The second-order valence-electron chi connectivity index (χ2n) is 6.84. The first-order valence-corrected chi connectivity index (χ1v) is 7.69. The third-order valence-electron chi connectivity index (χ3n) is 3.67. The fourth-order valence-corrected chi connectivity index (χ4v) is 2.83. The third-order valence-corrected chi connectivity index (χ3v) is 3.67. The van der Waals surface area contributed by atoms with Gasteiger partial charge >= 0.3 is 5.97 Å². The number of carbonyl (C=O) groups excluding carboxylic acids is 1. The molecule has 2 saturated heterocycles. The van der Waals surface area contributed by atoms with Gasteiger partial charge in [0.25, 0.3) is 0 Å². The summed E-state index contributed by atoms with van der Waals surface area (Å²) >= 11 is 0. The highest BCUT2D eigenvalue weighted by Gasteiger charge is 2.53. The Bertz CT molecular complexity index is 471. The Labute approximate surface area is 136 Å². The third kappa shape index (κ3) is 4.30. The van der Waals surface area contributed by atoms with E-state index in [4.69, 9.17) is 23.7 Å². The normalized spacial score (nSPS) is 35.2. The summed E-state index contributed by atoms with van der Waals surface area (Å²) in [4.78, 5) is 11.6. The second kappa shape index (κ2) is 6.49. The van der Waals surface area contributed by atoms with Gasteiger partial charge in [-0.05, 0) is 34.6 Å². The van der Waals surface area contributed by atoms with Gasteiger partial charge in [0.15, 0.2) is 11.6 Å². The molecule has 1 N–H and O–H groups in total. The lowest BCUT2D eigenvalue weighted by Gasteiger charge is -2.25. The topological polar surface area (TPSA) is 83.5 Å². The zero-order valence-electron chi connectivity index (χ0n) is 14.3. The van der Waals surface area contributed by atoms with Gasteiger partial charge in [-0.15, -0.1) is 0 Å². The maximum atomic E-state index is 11.6. The first-order valence-electron chi connectivity index (χ1n) is 7.69. The fraction of sp³-hybridized carbons (Fsp3) is 0.812. The molecule has 0 spiro atoms. The SMILES string of the molecule is C=C(C)C(=O)OCC1OC(C)(C)OC1C1OC(C)(C)OC1CO. The minimum Gasteiger partial charge on any atom is -0.459 e. The van der Waals surface area contributed by atoms with E-state index in [2.05, 4.69) is 6.58 Å². The number of aliphatic hydroxyl groups is 1. The summed E-state index contributed by atoms with van der Waals surface area (Å²) in [5.41, 5.74) is 0.314. The first kappa shape index (κ1) is 18.4. The van der Waals surface area contributed by atoms with Gasteiger partial charge in [-0.25, -0.2) is 4.79 Å². The minimum absolute atomic E-state index is 0.0121. The van der Waals surface area contributed by atoms with E-state index < -0.39 is 42.0 Å². The van der Waals surface area contributed by atoms with E-state index in [1.165, 1.54) is 0 Å². The van der Waals surface area contributed by atoms with Gasteiger partial charge in [-0.3, -0.25) is 0 Å². The van der Waals surface area contributed by atoms with Crippen molar-refractivity contribution in [2.45, 2.75) is 70.6 Å². The van der Waals surface area contributed by atoms with Gasteiger partial charge in [0.1, 0.15) is 31.0 Å². The standard InChI is InChI=1S/C16H26O7/c1-9(2)14(18)19-8-11-13(23-16(5,6)21-11)12-10(7-17)20-15(3,4)22-12/h10-13,17H,1,7-8H2,2-6H3. The monoisotopic (exact) mass is 330 g/mol. The molecule has 4 unspecified atom stereocenters. The van der Waals surface area contributed by atoms with Gasteiger partial charge < -0.3 is 28.8 Å². The van der Waals surface area contributed by atoms with E-state index >= 15 is 0 Å². The molecule has 2 fully saturated rings. The zero-order chi connectivity index (χ0) is 17.4. The van der Waals surface area contributed by atoms with Crippen molar-refractivity contribution >= 4 is 5.97 Å². The molecule has 0 aromatic rings. The zero-order valence-corrected chi connectivity index (χ0v) is 14.3. The van der Waals surface area contributed by atoms with E-state index in [1.54, 1.807) is 34.6 Å². The van der Waals surface area contributed by atoms with Gasteiger partial charge in [-0.2, -0.15) is 0 Å². The van der Waals surface area contributed by atoms with Crippen molar-refractivity contribution < 1.29 is 33.6 Å². The molecule has 132 valence electrons. The molecule has 0 amide bonds. The highest BCUT2D eigenvalue weighted by molar-refractivity contribution is 5.86.